The lowest BCUT2D eigenvalue weighted by molar-refractivity contribution is -0.137. The first-order chi connectivity index (χ1) is 9.37. The van der Waals surface area contributed by atoms with E-state index in [1.54, 1.807) is 7.05 Å². The van der Waals surface area contributed by atoms with Gasteiger partial charge in [0.15, 0.2) is 5.82 Å². The zero-order valence-corrected chi connectivity index (χ0v) is 11.3. The van der Waals surface area contributed by atoms with Crippen molar-refractivity contribution in [1.29, 1.82) is 0 Å². The van der Waals surface area contributed by atoms with E-state index in [4.69, 9.17) is 5.11 Å². The van der Waals surface area contributed by atoms with Gasteiger partial charge in [-0.05, 0) is 0 Å². The van der Waals surface area contributed by atoms with Crippen molar-refractivity contribution in [3.63, 3.8) is 0 Å². The molecular formula is C9H12N6O4S. The number of aryl methyl sites for hydroxylation is 1. The minimum atomic E-state index is -3.78. The molecule has 2 rings (SSSR count). The number of nitrogens with one attached hydrogen (secondary N) is 1. The lowest BCUT2D eigenvalue weighted by Crippen LogP contribution is -2.23. The Labute approximate surface area is 114 Å². The molecule has 2 N–H and O–H groups in total. The van der Waals surface area contributed by atoms with E-state index in [0.717, 1.165) is 17.1 Å². The summed E-state index contributed by atoms with van der Waals surface area (Å²) in [6, 6.07) is 0. The molecule has 0 saturated carbocycles. The van der Waals surface area contributed by atoms with Crippen LogP contribution in [0.1, 0.15) is 5.82 Å². The second-order valence-electron chi connectivity index (χ2n) is 3.93. The summed E-state index contributed by atoms with van der Waals surface area (Å²) in [5.74, 6) is -0.781. The van der Waals surface area contributed by atoms with Crippen LogP contribution in [0.5, 0.6) is 0 Å². The van der Waals surface area contributed by atoms with Gasteiger partial charge in [-0.25, -0.2) is 18.1 Å². The van der Waals surface area contributed by atoms with Crippen LogP contribution in [0.25, 0.3) is 0 Å². The van der Waals surface area contributed by atoms with Gasteiger partial charge in [-0.1, -0.05) is 0 Å². The Bertz CT molecular complexity index is 718. The first kappa shape index (κ1) is 14.1. The first-order valence-corrected chi connectivity index (χ1v) is 6.93. The van der Waals surface area contributed by atoms with E-state index in [2.05, 4.69) is 19.9 Å². The third kappa shape index (κ3) is 3.39. The van der Waals surface area contributed by atoms with Crippen LogP contribution in [0, 0.1) is 0 Å². The summed E-state index contributed by atoms with van der Waals surface area (Å²) in [5, 5.41) is 16.2. The summed E-state index contributed by atoms with van der Waals surface area (Å²) in [6.07, 6.45) is 3.67. The molecule has 0 radical (unpaired) electrons. The Morgan fingerprint density at radius 3 is 2.85 bits per heavy atom. The van der Waals surface area contributed by atoms with Crippen molar-refractivity contribution in [1.82, 2.24) is 29.3 Å². The van der Waals surface area contributed by atoms with Crippen LogP contribution in [-0.4, -0.2) is 44.0 Å². The molecule has 0 amide bonds. The Morgan fingerprint density at radius 2 is 2.25 bits per heavy atom. The topological polar surface area (TPSA) is 132 Å². The smallest absolute Gasteiger partial charge is 0.325 e. The molecule has 0 aromatic carbocycles. The lowest BCUT2D eigenvalue weighted by atomic mass is 10.6. The largest absolute Gasteiger partial charge is 0.480 e. The van der Waals surface area contributed by atoms with Crippen molar-refractivity contribution in [2.75, 3.05) is 0 Å². The van der Waals surface area contributed by atoms with E-state index in [1.807, 2.05) is 0 Å². The number of aliphatic carboxylic acids is 1. The zero-order valence-electron chi connectivity index (χ0n) is 10.5. The van der Waals surface area contributed by atoms with Crippen molar-refractivity contribution < 1.29 is 18.3 Å². The van der Waals surface area contributed by atoms with Crippen LogP contribution in [-0.2, 0) is 35.0 Å². The summed E-state index contributed by atoms with van der Waals surface area (Å²) in [5.41, 5.74) is 0. The predicted octanol–water partition coefficient (Wildman–Crippen LogP) is -1.43. The predicted molar refractivity (Wildman–Crippen MR) is 64.9 cm³/mol. The quantitative estimate of drug-likeness (QED) is 0.668. The number of aromatic nitrogens is 5. The van der Waals surface area contributed by atoms with Crippen molar-refractivity contribution in [2.24, 2.45) is 7.05 Å². The number of hydrogen-bond acceptors (Lipinski definition) is 6. The Kier molecular flexibility index (Phi) is 3.81. The molecule has 11 heteroatoms. The summed E-state index contributed by atoms with van der Waals surface area (Å²) in [4.78, 5) is 14.3. The van der Waals surface area contributed by atoms with E-state index in [0.29, 0.717) is 5.82 Å². The fraction of sp³-hybridized carbons (Fsp3) is 0.333. The molecule has 0 saturated heterocycles. The van der Waals surface area contributed by atoms with E-state index in [1.165, 1.54) is 11.0 Å². The average Bonchev–Trinajstić information content (AvgIpc) is 2.95. The van der Waals surface area contributed by atoms with Gasteiger partial charge < -0.3 is 5.11 Å². The summed E-state index contributed by atoms with van der Waals surface area (Å²) in [7, 11) is -2.11. The van der Waals surface area contributed by atoms with Gasteiger partial charge in [0, 0.05) is 13.2 Å². The van der Waals surface area contributed by atoms with Gasteiger partial charge in [-0.2, -0.15) is 10.2 Å². The summed E-state index contributed by atoms with van der Waals surface area (Å²) < 4.78 is 28.7. The second kappa shape index (κ2) is 5.38. The maximum Gasteiger partial charge on any atom is 0.325 e. The summed E-state index contributed by atoms with van der Waals surface area (Å²) >= 11 is 0. The van der Waals surface area contributed by atoms with Crippen LogP contribution in [0.2, 0.25) is 0 Å². The van der Waals surface area contributed by atoms with Gasteiger partial charge in [0.1, 0.15) is 17.8 Å². The maximum absolute atomic E-state index is 11.9. The molecule has 2 aromatic heterocycles. The molecule has 0 spiro atoms. The number of carboxylic acids is 1. The minimum absolute atomic E-state index is 0.0622. The maximum atomic E-state index is 11.9. The second-order valence-corrected chi connectivity index (χ2v) is 5.69. The van der Waals surface area contributed by atoms with Gasteiger partial charge in [0.2, 0.25) is 10.0 Å². The minimum Gasteiger partial charge on any atom is -0.480 e. The molecule has 10 nitrogen and oxygen atoms in total. The van der Waals surface area contributed by atoms with Crippen LogP contribution in [0.4, 0.5) is 0 Å². The highest BCUT2D eigenvalue weighted by atomic mass is 32.2. The molecule has 2 aromatic rings. The van der Waals surface area contributed by atoms with Crippen molar-refractivity contribution in [3.8, 4) is 0 Å². The lowest BCUT2D eigenvalue weighted by Gasteiger charge is -2.01. The number of carbonyl (C=O) groups is 1. The van der Waals surface area contributed by atoms with E-state index < -0.39 is 22.5 Å². The van der Waals surface area contributed by atoms with Crippen molar-refractivity contribution >= 4 is 16.0 Å². The number of nitrogens with zero attached hydrogens (tertiary/aromatic N) is 5. The molecule has 20 heavy (non-hydrogen) atoms. The fourth-order valence-corrected chi connectivity index (χ4v) is 2.35. The van der Waals surface area contributed by atoms with Gasteiger partial charge >= 0.3 is 5.97 Å². The normalized spacial score (nSPS) is 11.7. The number of sulfonamides is 1. The Balaban J connectivity index is 2.06. The highest BCUT2D eigenvalue weighted by Gasteiger charge is 2.17. The molecule has 0 aliphatic carbocycles. The number of carboxylic acid groups (broad SMARTS) is 1. The number of hydrogen-bond donors (Lipinski definition) is 2. The molecule has 2 heterocycles. The Hall–Kier alpha value is -2.27. The highest BCUT2D eigenvalue weighted by Crippen LogP contribution is 2.07. The molecule has 0 unspecified atom stereocenters. The van der Waals surface area contributed by atoms with Gasteiger partial charge in [-0.15, -0.1) is 0 Å². The molecular weight excluding hydrogens is 288 g/mol. The third-order valence-electron chi connectivity index (χ3n) is 2.28. The SMILES string of the molecule is Cn1cnc(CNS(=O)(=O)c2cnn(CC(=O)O)c2)n1. The van der Waals surface area contributed by atoms with Crippen molar-refractivity contribution in [2.45, 2.75) is 18.0 Å². The molecule has 0 bridgehead atoms. The third-order valence-corrected chi connectivity index (χ3v) is 3.64. The van der Waals surface area contributed by atoms with Crippen LogP contribution in [0.3, 0.4) is 0 Å². The fourth-order valence-electron chi connectivity index (χ4n) is 1.42. The van der Waals surface area contributed by atoms with Gasteiger partial charge in [0.25, 0.3) is 0 Å². The van der Waals surface area contributed by atoms with Gasteiger partial charge in [0.05, 0.1) is 12.7 Å². The zero-order chi connectivity index (χ0) is 14.8. The first-order valence-electron chi connectivity index (χ1n) is 5.45. The summed E-state index contributed by atoms with van der Waals surface area (Å²) in [6.45, 7) is -0.468. The van der Waals surface area contributed by atoms with Gasteiger partial charge in [-0.3, -0.25) is 14.2 Å². The molecule has 108 valence electrons. The average molecular weight is 300 g/mol. The monoisotopic (exact) mass is 300 g/mol. The molecule has 0 atom stereocenters. The Morgan fingerprint density at radius 1 is 1.50 bits per heavy atom. The van der Waals surface area contributed by atoms with E-state index in [-0.39, 0.29) is 11.4 Å². The molecule has 0 aliphatic heterocycles. The molecule has 0 fully saturated rings. The standard InChI is InChI=1S/C9H12N6O4S/c1-14-6-10-8(13-14)3-12-20(18,19)7-2-11-15(4-7)5-9(16)17/h2,4,6,12H,3,5H2,1H3,(H,16,17). The van der Waals surface area contributed by atoms with Crippen molar-refractivity contribution in [3.05, 3.63) is 24.5 Å². The van der Waals surface area contributed by atoms with E-state index >= 15 is 0 Å². The van der Waals surface area contributed by atoms with Crippen LogP contribution in [0.15, 0.2) is 23.6 Å². The molecule has 0 aliphatic rings. The highest BCUT2D eigenvalue weighted by molar-refractivity contribution is 7.89. The number of rotatable bonds is 6. The van der Waals surface area contributed by atoms with Crippen LogP contribution >= 0.6 is 0 Å². The van der Waals surface area contributed by atoms with Crippen LogP contribution < -0.4 is 4.72 Å². The van der Waals surface area contributed by atoms with E-state index in [9.17, 15) is 13.2 Å².